The fraction of sp³-hybridized carbons (Fsp3) is 0.111. The Morgan fingerprint density at radius 3 is 2.88 bits per heavy atom. The van der Waals surface area contributed by atoms with Gasteiger partial charge in [0.2, 0.25) is 5.28 Å². The first kappa shape index (κ1) is 11.1. The van der Waals surface area contributed by atoms with E-state index in [1.807, 2.05) is 13.0 Å². The summed E-state index contributed by atoms with van der Waals surface area (Å²) in [6.45, 7) is 1.89. The first-order valence-corrected chi connectivity index (χ1v) is 5.60. The number of halogens is 1. The highest BCUT2D eigenvalue weighted by atomic mass is 35.5. The van der Waals surface area contributed by atoms with Crippen molar-refractivity contribution in [3.8, 4) is 0 Å². The van der Waals surface area contributed by atoms with Crippen molar-refractivity contribution in [2.24, 2.45) is 0 Å². The highest BCUT2D eigenvalue weighted by Gasteiger charge is 2.07. The molecule has 0 aliphatic carbocycles. The lowest BCUT2D eigenvalue weighted by Crippen LogP contribution is -1.96. The third-order valence-corrected chi connectivity index (χ3v) is 2.79. The fourth-order valence-electron chi connectivity index (χ4n) is 0.999. The van der Waals surface area contributed by atoms with Gasteiger partial charge in [-0.2, -0.15) is 0 Å². The molecule has 0 aliphatic rings. The molecule has 0 saturated heterocycles. The van der Waals surface area contributed by atoms with Crippen LogP contribution in [-0.4, -0.2) is 19.9 Å². The van der Waals surface area contributed by atoms with Crippen LogP contribution in [0.15, 0.2) is 28.6 Å². The van der Waals surface area contributed by atoms with Gasteiger partial charge in [0.15, 0.2) is 5.16 Å². The lowest BCUT2D eigenvalue weighted by molar-refractivity contribution is 0.926. The molecule has 0 spiro atoms. The number of aryl methyl sites for hydroxylation is 1. The van der Waals surface area contributed by atoms with Gasteiger partial charge in [0.1, 0.15) is 5.03 Å². The maximum Gasteiger partial charge on any atom is 0.223 e. The average Bonchev–Trinajstić information content (AvgIpc) is 2.24. The van der Waals surface area contributed by atoms with E-state index in [9.17, 15) is 0 Å². The lowest BCUT2D eigenvalue weighted by Gasteiger charge is -2.02. The number of anilines is 1. The number of hydrogen-bond acceptors (Lipinski definition) is 6. The van der Waals surface area contributed by atoms with Crippen LogP contribution < -0.4 is 5.73 Å². The molecule has 0 atom stereocenters. The summed E-state index contributed by atoms with van der Waals surface area (Å²) in [6.07, 6.45) is 3.15. The first-order chi connectivity index (χ1) is 7.65. The van der Waals surface area contributed by atoms with Crippen molar-refractivity contribution in [3.63, 3.8) is 0 Å². The summed E-state index contributed by atoms with van der Waals surface area (Å²) in [4.78, 5) is 16.1. The Hall–Kier alpha value is -1.40. The predicted octanol–water partition coefficient (Wildman–Crippen LogP) is 1.96. The van der Waals surface area contributed by atoms with Gasteiger partial charge in [0.05, 0.1) is 11.9 Å². The molecule has 0 unspecified atom stereocenters. The summed E-state index contributed by atoms with van der Waals surface area (Å²) in [5, 5.41) is 1.30. The number of nitrogens with two attached hydrogens (primary N) is 1. The molecule has 82 valence electrons. The molecule has 5 nitrogen and oxygen atoms in total. The first-order valence-electron chi connectivity index (χ1n) is 4.40. The highest BCUT2D eigenvalue weighted by molar-refractivity contribution is 7.99. The summed E-state index contributed by atoms with van der Waals surface area (Å²) < 4.78 is 0. The molecule has 0 fully saturated rings. The molecule has 16 heavy (non-hydrogen) atoms. The fourth-order valence-corrected chi connectivity index (χ4v) is 1.96. The van der Waals surface area contributed by atoms with E-state index < -0.39 is 0 Å². The van der Waals surface area contributed by atoms with Crippen molar-refractivity contribution in [1.29, 1.82) is 0 Å². The zero-order valence-electron chi connectivity index (χ0n) is 8.38. The molecule has 0 aliphatic heterocycles. The maximum atomic E-state index is 5.72. The quantitative estimate of drug-likeness (QED) is 0.651. The molecule has 2 aromatic rings. The number of hydrogen-bond donors (Lipinski definition) is 1. The molecule has 2 heterocycles. The summed E-state index contributed by atoms with van der Waals surface area (Å²) in [5.74, 6) is 0. The number of nitrogen functional groups attached to an aromatic ring is 1. The molecule has 7 heteroatoms. The van der Waals surface area contributed by atoms with Crippen LogP contribution in [0.25, 0.3) is 0 Å². The second-order valence-electron chi connectivity index (χ2n) is 2.98. The number of aromatic nitrogens is 4. The van der Waals surface area contributed by atoms with Crippen LogP contribution in [0.2, 0.25) is 5.28 Å². The van der Waals surface area contributed by atoms with Crippen LogP contribution in [0.5, 0.6) is 0 Å². The second-order valence-corrected chi connectivity index (χ2v) is 4.28. The summed E-state index contributed by atoms with van der Waals surface area (Å²) in [5.41, 5.74) is 7.06. The van der Waals surface area contributed by atoms with E-state index in [2.05, 4.69) is 19.9 Å². The van der Waals surface area contributed by atoms with Crippen LogP contribution in [-0.2, 0) is 0 Å². The van der Waals surface area contributed by atoms with Gasteiger partial charge < -0.3 is 5.73 Å². The van der Waals surface area contributed by atoms with E-state index in [-0.39, 0.29) is 5.28 Å². The summed E-state index contributed by atoms with van der Waals surface area (Å²) in [6, 6.07) is 1.82. The Balaban J connectivity index is 2.30. The normalized spacial score (nSPS) is 10.4. The Morgan fingerprint density at radius 2 is 2.12 bits per heavy atom. The molecule has 0 amide bonds. The standard InChI is InChI=1S/C9H8ClN5S/c1-5-2-3-12-9(14-5)16-7-6(11)4-13-8(10)15-7/h2-4H,11H2,1H3. The van der Waals surface area contributed by atoms with E-state index in [1.54, 1.807) is 6.20 Å². The second kappa shape index (κ2) is 4.63. The van der Waals surface area contributed by atoms with Crippen LogP contribution in [0.3, 0.4) is 0 Å². The Bertz CT molecular complexity index is 519. The van der Waals surface area contributed by atoms with Crippen molar-refractivity contribution >= 4 is 29.1 Å². The van der Waals surface area contributed by atoms with E-state index in [1.165, 1.54) is 18.0 Å². The third kappa shape index (κ3) is 2.59. The topological polar surface area (TPSA) is 77.6 Å². The van der Waals surface area contributed by atoms with Gasteiger partial charge in [-0.25, -0.2) is 19.9 Å². The molecule has 0 aromatic carbocycles. The molecular formula is C9H8ClN5S. The van der Waals surface area contributed by atoms with Crippen molar-refractivity contribution in [2.75, 3.05) is 5.73 Å². The van der Waals surface area contributed by atoms with E-state index in [0.29, 0.717) is 15.9 Å². The van der Waals surface area contributed by atoms with E-state index >= 15 is 0 Å². The number of rotatable bonds is 2. The maximum absolute atomic E-state index is 5.72. The van der Waals surface area contributed by atoms with Gasteiger partial charge in [-0.15, -0.1) is 0 Å². The van der Waals surface area contributed by atoms with Crippen molar-refractivity contribution in [1.82, 2.24) is 19.9 Å². The lowest BCUT2D eigenvalue weighted by atomic mass is 10.5. The van der Waals surface area contributed by atoms with Crippen molar-refractivity contribution < 1.29 is 0 Å². The zero-order chi connectivity index (χ0) is 11.5. The van der Waals surface area contributed by atoms with Gasteiger partial charge in [-0.05, 0) is 36.4 Å². The smallest absolute Gasteiger partial charge is 0.223 e. The van der Waals surface area contributed by atoms with E-state index in [4.69, 9.17) is 17.3 Å². The molecule has 2 aromatic heterocycles. The molecular weight excluding hydrogens is 246 g/mol. The van der Waals surface area contributed by atoms with Crippen LogP contribution in [0, 0.1) is 6.92 Å². The molecule has 2 N–H and O–H groups in total. The van der Waals surface area contributed by atoms with Gasteiger partial charge >= 0.3 is 0 Å². The molecule has 0 radical (unpaired) electrons. The average molecular weight is 254 g/mol. The van der Waals surface area contributed by atoms with Gasteiger partial charge in [-0.1, -0.05) is 0 Å². The number of nitrogens with zero attached hydrogens (tertiary/aromatic N) is 4. The molecule has 0 bridgehead atoms. The van der Waals surface area contributed by atoms with Crippen LogP contribution >= 0.6 is 23.4 Å². The van der Waals surface area contributed by atoms with Gasteiger partial charge in [0, 0.05) is 11.9 Å². The van der Waals surface area contributed by atoms with Gasteiger partial charge in [0.25, 0.3) is 0 Å². The SMILES string of the molecule is Cc1ccnc(Sc2nc(Cl)ncc2N)n1. The predicted molar refractivity (Wildman–Crippen MR) is 62.3 cm³/mol. The minimum atomic E-state index is 0.157. The van der Waals surface area contributed by atoms with Crippen LogP contribution in [0.1, 0.15) is 5.69 Å². The van der Waals surface area contributed by atoms with Crippen LogP contribution in [0.4, 0.5) is 5.69 Å². The molecule has 2 rings (SSSR count). The Morgan fingerprint density at radius 1 is 1.31 bits per heavy atom. The molecule has 0 saturated carbocycles. The zero-order valence-corrected chi connectivity index (χ0v) is 9.96. The summed E-state index contributed by atoms with van der Waals surface area (Å²) in [7, 11) is 0. The Labute approximate surface area is 101 Å². The van der Waals surface area contributed by atoms with Gasteiger partial charge in [-0.3, -0.25) is 0 Å². The van der Waals surface area contributed by atoms with Crippen molar-refractivity contribution in [2.45, 2.75) is 17.1 Å². The minimum absolute atomic E-state index is 0.157. The third-order valence-electron chi connectivity index (χ3n) is 1.71. The highest BCUT2D eigenvalue weighted by Crippen LogP contribution is 2.27. The minimum Gasteiger partial charge on any atom is -0.395 e. The Kier molecular flexibility index (Phi) is 3.21. The van der Waals surface area contributed by atoms with E-state index in [0.717, 1.165) is 5.69 Å². The summed E-state index contributed by atoms with van der Waals surface area (Å²) >= 11 is 6.94. The monoisotopic (exact) mass is 253 g/mol. The largest absolute Gasteiger partial charge is 0.395 e. The van der Waals surface area contributed by atoms with Crippen molar-refractivity contribution in [3.05, 3.63) is 29.4 Å².